The van der Waals surface area contributed by atoms with Crippen molar-refractivity contribution in [3.05, 3.63) is 24.5 Å². The van der Waals surface area contributed by atoms with Crippen molar-refractivity contribution in [3.8, 4) is 0 Å². The zero-order valence-electron chi connectivity index (χ0n) is 5.24. The molecule has 0 aliphatic heterocycles. The predicted molar refractivity (Wildman–Crippen MR) is 42.0 cm³/mol. The van der Waals surface area contributed by atoms with Crippen LogP contribution in [0, 0.1) is 5.41 Å². The molecule has 0 amide bonds. The minimum Gasteiger partial charge on any atom is -0.378 e. The third-order valence-electron chi connectivity index (χ3n) is 0.878. The smallest absolute Gasteiger partial charge is 0.155 e. The van der Waals surface area contributed by atoms with E-state index in [1.165, 1.54) is 11.8 Å². The van der Waals surface area contributed by atoms with Crippen molar-refractivity contribution >= 4 is 16.9 Å². The monoisotopic (exact) mass is 153 g/mol. The summed E-state index contributed by atoms with van der Waals surface area (Å²) in [7, 11) is 0. The summed E-state index contributed by atoms with van der Waals surface area (Å²) in [5.74, 6) is 0. The van der Waals surface area contributed by atoms with Gasteiger partial charge in [-0.15, -0.1) is 0 Å². The molecule has 1 rings (SSSR count). The van der Waals surface area contributed by atoms with Gasteiger partial charge in [0.15, 0.2) is 5.17 Å². The summed E-state index contributed by atoms with van der Waals surface area (Å²) in [6.45, 7) is 0. The fourth-order valence-electron chi connectivity index (χ4n) is 0.533. The lowest BCUT2D eigenvalue weighted by Crippen LogP contribution is -2.02. The molecule has 3 N–H and O–H groups in total. The molecule has 0 saturated carbocycles. The van der Waals surface area contributed by atoms with Crippen LogP contribution in [0.5, 0.6) is 0 Å². The molecule has 1 aromatic rings. The molecule has 0 aromatic carbocycles. The molecule has 1 heterocycles. The molecule has 0 aliphatic carbocycles. The summed E-state index contributed by atoms with van der Waals surface area (Å²) >= 11 is 1.22. The van der Waals surface area contributed by atoms with Gasteiger partial charge >= 0.3 is 0 Å². The number of hydrogen-bond acceptors (Lipinski definition) is 3. The molecule has 10 heavy (non-hydrogen) atoms. The second-order valence-corrected chi connectivity index (χ2v) is 2.76. The lowest BCUT2D eigenvalue weighted by Gasteiger charge is -1.94. The lowest BCUT2D eigenvalue weighted by atomic mass is 10.5. The fraction of sp³-hybridized carbons (Fsp3) is 0. The quantitative estimate of drug-likeness (QED) is 0.360. The van der Waals surface area contributed by atoms with E-state index in [1.807, 2.05) is 12.1 Å². The van der Waals surface area contributed by atoms with Crippen LogP contribution in [0.25, 0.3) is 0 Å². The zero-order chi connectivity index (χ0) is 7.40. The molecule has 1 aromatic heterocycles. The third-order valence-corrected chi connectivity index (χ3v) is 1.61. The molecule has 0 saturated heterocycles. The van der Waals surface area contributed by atoms with Crippen LogP contribution in [0.2, 0.25) is 0 Å². The summed E-state index contributed by atoms with van der Waals surface area (Å²) in [5.41, 5.74) is 5.15. The van der Waals surface area contributed by atoms with Gasteiger partial charge in [-0.2, -0.15) is 0 Å². The van der Waals surface area contributed by atoms with E-state index in [4.69, 9.17) is 11.1 Å². The molecule has 0 atom stereocenters. The van der Waals surface area contributed by atoms with Gasteiger partial charge in [-0.3, -0.25) is 10.4 Å². The average Bonchev–Trinajstić information content (AvgIpc) is 1.88. The third kappa shape index (κ3) is 2.06. The molecular formula is C6H7N3S. The highest BCUT2D eigenvalue weighted by Crippen LogP contribution is 2.14. The Morgan fingerprint density at radius 1 is 1.50 bits per heavy atom. The normalized spacial score (nSPS) is 9.20. The van der Waals surface area contributed by atoms with E-state index in [-0.39, 0.29) is 5.17 Å². The van der Waals surface area contributed by atoms with Gasteiger partial charge in [-0.1, -0.05) is 11.8 Å². The number of pyridine rings is 1. The molecule has 0 fully saturated rings. The van der Waals surface area contributed by atoms with Crippen LogP contribution in [0.4, 0.5) is 0 Å². The van der Waals surface area contributed by atoms with Crippen molar-refractivity contribution < 1.29 is 0 Å². The second-order valence-electron chi connectivity index (χ2n) is 1.65. The van der Waals surface area contributed by atoms with E-state index in [0.717, 1.165) is 4.90 Å². The second kappa shape index (κ2) is 3.22. The summed E-state index contributed by atoms with van der Waals surface area (Å²) < 4.78 is 0. The van der Waals surface area contributed by atoms with E-state index < -0.39 is 0 Å². The Labute approximate surface area is 63.2 Å². The Hall–Kier alpha value is -1.03. The minimum absolute atomic E-state index is 0.103. The molecule has 0 unspecified atom stereocenters. The lowest BCUT2D eigenvalue weighted by molar-refractivity contribution is 1.27. The number of nitrogens with zero attached hydrogens (tertiary/aromatic N) is 1. The highest BCUT2D eigenvalue weighted by molar-refractivity contribution is 8.13. The fourth-order valence-corrected chi connectivity index (χ4v) is 1.04. The Morgan fingerprint density at radius 3 is 2.60 bits per heavy atom. The summed E-state index contributed by atoms with van der Waals surface area (Å²) in [6, 6.07) is 3.62. The van der Waals surface area contributed by atoms with Crippen LogP contribution in [-0.4, -0.2) is 10.2 Å². The van der Waals surface area contributed by atoms with Crippen LogP contribution in [0.3, 0.4) is 0 Å². The molecule has 0 bridgehead atoms. The van der Waals surface area contributed by atoms with Crippen molar-refractivity contribution in [2.75, 3.05) is 0 Å². The maximum atomic E-state index is 6.95. The van der Waals surface area contributed by atoms with Crippen LogP contribution in [0.15, 0.2) is 29.4 Å². The average molecular weight is 153 g/mol. The Kier molecular flexibility index (Phi) is 2.28. The summed E-state index contributed by atoms with van der Waals surface area (Å²) in [4.78, 5) is 4.77. The first kappa shape index (κ1) is 7.08. The SMILES string of the molecule is N=C(N)Sc1ccncc1. The number of nitrogens with two attached hydrogens (primary N) is 1. The molecule has 0 spiro atoms. The largest absolute Gasteiger partial charge is 0.378 e. The van der Waals surface area contributed by atoms with Crippen LogP contribution < -0.4 is 5.73 Å². The van der Waals surface area contributed by atoms with Crippen molar-refractivity contribution in [1.82, 2.24) is 4.98 Å². The Bertz CT molecular complexity index is 222. The van der Waals surface area contributed by atoms with Gasteiger partial charge in [0.1, 0.15) is 0 Å². The highest BCUT2D eigenvalue weighted by Gasteiger charge is 1.92. The first-order valence-corrected chi connectivity index (χ1v) is 3.52. The Balaban J connectivity index is 2.67. The van der Waals surface area contributed by atoms with Crippen LogP contribution in [0.1, 0.15) is 0 Å². The van der Waals surface area contributed by atoms with E-state index >= 15 is 0 Å². The Morgan fingerprint density at radius 2 is 2.10 bits per heavy atom. The molecule has 0 radical (unpaired) electrons. The van der Waals surface area contributed by atoms with Crippen molar-refractivity contribution in [1.29, 1.82) is 5.41 Å². The van der Waals surface area contributed by atoms with E-state index in [9.17, 15) is 0 Å². The first-order valence-electron chi connectivity index (χ1n) is 2.71. The topological polar surface area (TPSA) is 62.8 Å². The van der Waals surface area contributed by atoms with Gasteiger partial charge in [0.05, 0.1) is 0 Å². The van der Waals surface area contributed by atoms with E-state index in [0.29, 0.717) is 0 Å². The molecule has 4 heteroatoms. The van der Waals surface area contributed by atoms with Gasteiger partial charge in [0.25, 0.3) is 0 Å². The first-order chi connectivity index (χ1) is 4.79. The van der Waals surface area contributed by atoms with E-state index in [2.05, 4.69) is 4.98 Å². The summed E-state index contributed by atoms with van der Waals surface area (Å²) in [6.07, 6.45) is 3.34. The maximum absolute atomic E-state index is 6.95. The number of amidine groups is 1. The predicted octanol–water partition coefficient (Wildman–Crippen LogP) is 1.07. The zero-order valence-corrected chi connectivity index (χ0v) is 6.06. The number of aromatic nitrogens is 1. The van der Waals surface area contributed by atoms with Crippen molar-refractivity contribution in [2.24, 2.45) is 5.73 Å². The maximum Gasteiger partial charge on any atom is 0.155 e. The number of thioether (sulfide) groups is 1. The van der Waals surface area contributed by atoms with E-state index in [1.54, 1.807) is 12.4 Å². The summed E-state index contributed by atoms with van der Waals surface area (Å²) in [5, 5.41) is 7.06. The van der Waals surface area contributed by atoms with Gasteiger partial charge in [-0.05, 0) is 12.1 Å². The van der Waals surface area contributed by atoms with Gasteiger partial charge in [0, 0.05) is 17.3 Å². The van der Waals surface area contributed by atoms with Crippen LogP contribution >= 0.6 is 11.8 Å². The molecule has 3 nitrogen and oxygen atoms in total. The molecular weight excluding hydrogens is 146 g/mol. The highest BCUT2D eigenvalue weighted by atomic mass is 32.2. The molecule has 52 valence electrons. The number of hydrogen-bond donors (Lipinski definition) is 2. The standard InChI is InChI=1S/C6H7N3S/c7-6(8)10-5-1-3-9-4-2-5/h1-4H,(H3,7,8). The van der Waals surface area contributed by atoms with Gasteiger partial charge < -0.3 is 5.73 Å². The van der Waals surface area contributed by atoms with Crippen molar-refractivity contribution in [3.63, 3.8) is 0 Å². The molecule has 0 aliphatic rings. The van der Waals surface area contributed by atoms with Gasteiger partial charge in [0.2, 0.25) is 0 Å². The number of rotatable bonds is 1. The minimum atomic E-state index is 0.103. The van der Waals surface area contributed by atoms with Crippen molar-refractivity contribution in [2.45, 2.75) is 4.90 Å². The van der Waals surface area contributed by atoms with Crippen LogP contribution in [-0.2, 0) is 0 Å². The number of nitrogens with one attached hydrogen (secondary N) is 1. The van der Waals surface area contributed by atoms with Gasteiger partial charge in [-0.25, -0.2) is 0 Å².